The molecule has 0 amide bonds. The molecular weight excluding hydrogens is 184 g/mol. The minimum Gasteiger partial charge on any atom is -0.312 e. The maximum atomic E-state index is 4.39. The zero-order chi connectivity index (χ0) is 11.1. The Labute approximate surface area is 93.1 Å². The minimum atomic E-state index is 0.407. The lowest BCUT2D eigenvalue weighted by Gasteiger charge is -2.15. The molecule has 1 rings (SSSR count). The molecule has 0 saturated heterocycles. The number of aromatic nitrogens is 1. The summed E-state index contributed by atoms with van der Waals surface area (Å²) in [6.45, 7) is 4.55. The Bertz CT molecular complexity index is 256. The van der Waals surface area contributed by atoms with Crippen LogP contribution in [0.5, 0.6) is 0 Å². The second-order valence-electron chi connectivity index (χ2n) is 4.42. The van der Waals surface area contributed by atoms with Gasteiger partial charge in [-0.3, -0.25) is 4.98 Å². The Balaban J connectivity index is 2.43. The molecule has 1 aromatic heterocycles. The van der Waals surface area contributed by atoms with Crippen LogP contribution in [0, 0.1) is 5.92 Å². The molecule has 0 aliphatic carbocycles. The van der Waals surface area contributed by atoms with Crippen LogP contribution in [0.25, 0.3) is 0 Å². The van der Waals surface area contributed by atoms with Crippen molar-refractivity contribution < 1.29 is 0 Å². The van der Waals surface area contributed by atoms with E-state index in [9.17, 15) is 0 Å². The Morgan fingerprint density at radius 2 is 2.07 bits per heavy atom. The Morgan fingerprint density at radius 1 is 1.27 bits per heavy atom. The summed E-state index contributed by atoms with van der Waals surface area (Å²) >= 11 is 0. The fourth-order valence-electron chi connectivity index (χ4n) is 1.75. The molecule has 15 heavy (non-hydrogen) atoms. The average molecular weight is 206 g/mol. The normalized spacial score (nSPS) is 13.1. The fraction of sp³-hybridized carbons (Fsp3) is 0.615. The van der Waals surface area contributed by atoms with Crippen LogP contribution >= 0.6 is 0 Å². The summed E-state index contributed by atoms with van der Waals surface area (Å²) in [5, 5.41) is 3.33. The van der Waals surface area contributed by atoms with E-state index in [2.05, 4.69) is 36.3 Å². The number of pyridine rings is 1. The minimum absolute atomic E-state index is 0.407. The molecule has 1 unspecified atom stereocenters. The molecule has 1 heterocycles. The first-order valence-electron chi connectivity index (χ1n) is 5.82. The van der Waals surface area contributed by atoms with E-state index in [1.165, 1.54) is 19.3 Å². The van der Waals surface area contributed by atoms with Crippen LogP contribution in [-0.4, -0.2) is 12.0 Å². The van der Waals surface area contributed by atoms with Crippen molar-refractivity contribution in [1.29, 1.82) is 0 Å². The van der Waals surface area contributed by atoms with Crippen molar-refractivity contribution in [2.75, 3.05) is 7.05 Å². The van der Waals surface area contributed by atoms with Gasteiger partial charge in [-0.05, 0) is 31.5 Å². The van der Waals surface area contributed by atoms with E-state index < -0.39 is 0 Å². The van der Waals surface area contributed by atoms with E-state index in [0.717, 1.165) is 11.6 Å². The summed E-state index contributed by atoms with van der Waals surface area (Å²) in [4.78, 5) is 4.39. The van der Waals surface area contributed by atoms with Gasteiger partial charge in [0.1, 0.15) is 0 Å². The van der Waals surface area contributed by atoms with Crippen molar-refractivity contribution in [3.63, 3.8) is 0 Å². The van der Waals surface area contributed by atoms with E-state index in [0.29, 0.717) is 6.04 Å². The monoisotopic (exact) mass is 206 g/mol. The lowest BCUT2D eigenvalue weighted by molar-refractivity contribution is 0.464. The van der Waals surface area contributed by atoms with Gasteiger partial charge in [0.15, 0.2) is 0 Å². The zero-order valence-corrected chi connectivity index (χ0v) is 10.0. The fourth-order valence-corrected chi connectivity index (χ4v) is 1.75. The standard InChI is InChI=1S/C13H22N2/c1-11(2)7-6-9-12(14-3)13-8-4-5-10-15-13/h4-5,8,10-12,14H,6-7,9H2,1-3H3. The number of hydrogen-bond donors (Lipinski definition) is 1. The maximum absolute atomic E-state index is 4.39. The highest BCUT2D eigenvalue weighted by atomic mass is 14.9. The van der Waals surface area contributed by atoms with Gasteiger partial charge in [-0.15, -0.1) is 0 Å². The van der Waals surface area contributed by atoms with Gasteiger partial charge in [0.05, 0.1) is 5.69 Å². The second kappa shape index (κ2) is 6.57. The molecule has 0 radical (unpaired) electrons. The molecule has 0 spiro atoms. The van der Waals surface area contributed by atoms with E-state index in [1.54, 1.807) is 0 Å². The molecule has 0 saturated carbocycles. The zero-order valence-electron chi connectivity index (χ0n) is 10.0. The highest BCUT2D eigenvalue weighted by molar-refractivity contribution is 5.08. The van der Waals surface area contributed by atoms with Crippen LogP contribution in [0.1, 0.15) is 44.8 Å². The summed E-state index contributed by atoms with van der Waals surface area (Å²) in [6.07, 6.45) is 5.60. The largest absolute Gasteiger partial charge is 0.312 e. The topological polar surface area (TPSA) is 24.9 Å². The quantitative estimate of drug-likeness (QED) is 0.773. The van der Waals surface area contributed by atoms with Crippen LogP contribution < -0.4 is 5.32 Å². The SMILES string of the molecule is CNC(CCCC(C)C)c1ccccn1. The van der Waals surface area contributed by atoms with E-state index >= 15 is 0 Å². The third-order valence-corrected chi connectivity index (χ3v) is 2.67. The van der Waals surface area contributed by atoms with Gasteiger partial charge in [-0.1, -0.05) is 32.8 Å². The van der Waals surface area contributed by atoms with Crippen LogP contribution in [0.15, 0.2) is 24.4 Å². The van der Waals surface area contributed by atoms with E-state index in [-0.39, 0.29) is 0 Å². The molecule has 0 aromatic carbocycles. The van der Waals surface area contributed by atoms with E-state index in [1.807, 2.05) is 19.3 Å². The second-order valence-corrected chi connectivity index (χ2v) is 4.42. The summed E-state index contributed by atoms with van der Waals surface area (Å²) in [5.41, 5.74) is 1.16. The van der Waals surface area contributed by atoms with E-state index in [4.69, 9.17) is 0 Å². The number of nitrogens with one attached hydrogen (secondary N) is 1. The van der Waals surface area contributed by atoms with Crippen LogP contribution in [0.4, 0.5) is 0 Å². The molecule has 1 aromatic rings. The van der Waals surface area contributed by atoms with Crippen LogP contribution in [0.2, 0.25) is 0 Å². The average Bonchev–Trinajstić information content (AvgIpc) is 2.25. The molecule has 0 fully saturated rings. The molecule has 1 atom stereocenters. The van der Waals surface area contributed by atoms with Crippen LogP contribution in [-0.2, 0) is 0 Å². The van der Waals surface area contributed by atoms with Gasteiger partial charge >= 0.3 is 0 Å². The van der Waals surface area contributed by atoms with Crippen molar-refractivity contribution in [1.82, 2.24) is 10.3 Å². The van der Waals surface area contributed by atoms with Crippen molar-refractivity contribution in [3.8, 4) is 0 Å². The predicted octanol–water partition coefficient (Wildman–Crippen LogP) is 3.17. The summed E-state index contributed by atoms with van der Waals surface area (Å²) < 4.78 is 0. The molecule has 0 aliphatic heterocycles. The Kier molecular flexibility index (Phi) is 5.33. The number of hydrogen-bond acceptors (Lipinski definition) is 2. The Morgan fingerprint density at radius 3 is 2.60 bits per heavy atom. The molecular formula is C13H22N2. The highest BCUT2D eigenvalue weighted by Crippen LogP contribution is 2.18. The third-order valence-electron chi connectivity index (χ3n) is 2.67. The first-order chi connectivity index (χ1) is 7.24. The van der Waals surface area contributed by atoms with Gasteiger partial charge < -0.3 is 5.32 Å². The first kappa shape index (κ1) is 12.2. The summed E-state index contributed by atoms with van der Waals surface area (Å²) in [5.74, 6) is 0.797. The Hall–Kier alpha value is -0.890. The molecule has 2 heteroatoms. The smallest absolute Gasteiger partial charge is 0.0573 e. The summed E-state index contributed by atoms with van der Waals surface area (Å²) in [6, 6.07) is 6.51. The van der Waals surface area contributed by atoms with Crippen molar-refractivity contribution >= 4 is 0 Å². The lowest BCUT2D eigenvalue weighted by atomic mass is 10.0. The van der Waals surface area contributed by atoms with Crippen molar-refractivity contribution in [2.24, 2.45) is 5.92 Å². The van der Waals surface area contributed by atoms with Gasteiger partial charge in [0.2, 0.25) is 0 Å². The van der Waals surface area contributed by atoms with Gasteiger partial charge in [-0.2, -0.15) is 0 Å². The van der Waals surface area contributed by atoms with Crippen molar-refractivity contribution in [3.05, 3.63) is 30.1 Å². The van der Waals surface area contributed by atoms with Gasteiger partial charge in [0, 0.05) is 12.2 Å². The highest BCUT2D eigenvalue weighted by Gasteiger charge is 2.09. The molecule has 0 aliphatic rings. The molecule has 84 valence electrons. The molecule has 1 N–H and O–H groups in total. The van der Waals surface area contributed by atoms with Gasteiger partial charge in [-0.25, -0.2) is 0 Å². The third kappa shape index (κ3) is 4.43. The number of nitrogens with zero attached hydrogens (tertiary/aromatic N) is 1. The predicted molar refractivity (Wildman–Crippen MR) is 64.7 cm³/mol. The lowest BCUT2D eigenvalue weighted by Crippen LogP contribution is -2.17. The maximum Gasteiger partial charge on any atom is 0.0573 e. The summed E-state index contributed by atoms with van der Waals surface area (Å²) in [7, 11) is 2.01. The van der Waals surface area contributed by atoms with Crippen molar-refractivity contribution in [2.45, 2.75) is 39.2 Å². The molecule has 0 bridgehead atoms. The van der Waals surface area contributed by atoms with Gasteiger partial charge in [0.25, 0.3) is 0 Å². The number of rotatable bonds is 6. The molecule has 2 nitrogen and oxygen atoms in total. The first-order valence-corrected chi connectivity index (χ1v) is 5.82. The van der Waals surface area contributed by atoms with Crippen LogP contribution in [0.3, 0.4) is 0 Å².